The standard InChI is InChI=1S/C21H28N4O3/c1-4-24-9-11-25(12-10-24)20-8-5-16(14-22-20)15-23-21(26)18-13-17(27-2)6-7-19(18)28-3/h5-8,13-14H,4,9-12,15H2,1-3H3,(H,23,26). The summed E-state index contributed by atoms with van der Waals surface area (Å²) >= 11 is 0. The molecule has 1 aliphatic rings. The Labute approximate surface area is 166 Å². The monoisotopic (exact) mass is 384 g/mol. The third-order valence-corrected chi connectivity index (χ3v) is 5.06. The molecule has 0 aliphatic carbocycles. The molecule has 7 heteroatoms. The maximum absolute atomic E-state index is 12.6. The Morgan fingerprint density at radius 1 is 1.11 bits per heavy atom. The van der Waals surface area contributed by atoms with E-state index in [1.165, 1.54) is 0 Å². The number of piperazine rings is 1. The van der Waals surface area contributed by atoms with Crippen LogP contribution in [0.25, 0.3) is 0 Å². The Morgan fingerprint density at radius 2 is 1.89 bits per heavy atom. The molecule has 0 atom stereocenters. The molecule has 0 saturated carbocycles. The molecule has 2 heterocycles. The van der Waals surface area contributed by atoms with E-state index in [2.05, 4.69) is 27.0 Å². The Kier molecular flexibility index (Phi) is 6.71. The summed E-state index contributed by atoms with van der Waals surface area (Å²) < 4.78 is 10.5. The van der Waals surface area contributed by atoms with E-state index in [4.69, 9.17) is 9.47 Å². The summed E-state index contributed by atoms with van der Waals surface area (Å²) in [5.41, 5.74) is 1.39. The van der Waals surface area contributed by atoms with Gasteiger partial charge in [-0.2, -0.15) is 0 Å². The Bertz CT molecular complexity index is 787. The number of hydrogen-bond donors (Lipinski definition) is 1. The van der Waals surface area contributed by atoms with Crippen LogP contribution in [0.15, 0.2) is 36.5 Å². The van der Waals surface area contributed by atoms with Crippen LogP contribution in [0.2, 0.25) is 0 Å². The van der Waals surface area contributed by atoms with Crippen molar-refractivity contribution in [2.75, 3.05) is 51.8 Å². The van der Waals surface area contributed by atoms with Crippen LogP contribution >= 0.6 is 0 Å². The smallest absolute Gasteiger partial charge is 0.255 e. The van der Waals surface area contributed by atoms with Crippen LogP contribution in [0.5, 0.6) is 11.5 Å². The number of rotatable bonds is 7. The first-order chi connectivity index (χ1) is 13.6. The van der Waals surface area contributed by atoms with Crippen molar-refractivity contribution in [3.63, 3.8) is 0 Å². The average molecular weight is 384 g/mol. The molecular formula is C21H28N4O3. The zero-order chi connectivity index (χ0) is 19.9. The molecule has 7 nitrogen and oxygen atoms in total. The summed E-state index contributed by atoms with van der Waals surface area (Å²) in [6.07, 6.45) is 1.82. The predicted molar refractivity (Wildman–Crippen MR) is 109 cm³/mol. The second kappa shape index (κ2) is 9.41. The van der Waals surface area contributed by atoms with Gasteiger partial charge in [0.05, 0.1) is 19.8 Å². The number of aromatic nitrogens is 1. The first-order valence-electron chi connectivity index (χ1n) is 9.57. The van der Waals surface area contributed by atoms with Crippen LogP contribution in [-0.4, -0.2) is 62.7 Å². The van der Waals surface area contributed by atoms with Gasteiger partial charge in [0.15, 0.2) is 0 Å². The summed E-state index contributed by atoms with van der Waals surface area (Å²) in [5.74, 6) is 1.90. The van der Waals surface area contributed by atoms with Gasteiger partial charge >= 0.3 is 0 Å². The van der Waals surface area contributed by atoms with Crippen molar-refractivity contribution >= 4 is 11.7 Å². The maximum Gasteiger partial charge on any atom is 0.255 e. The number of pyridine rings is 1. The van der Waals surface area contributed by atoms with E-state index < -0.39 is 0 Å². The minimum absolute atomic E-state index is 0.212. The van der Waals surface area contributed by atoms with Gasteiger partial charge < -0.3 is 24.6 Å². The molecule has 1 aliphatic heterocycles. The molecule has 28 heavy (non-hydrogen) atoms. The number of benzene rings is 1. The highest BCUT2D eigenvalue weighted by molar-refractivity contribution is 5.97. The van der Waals surface area contributed by atoms with Crippen LogP contribution in [-0.2, 0) is 6.54 Å². The number of anilines is 1. The normalized spacial score (nSPS) is 14.6. The summed E-state index contributed by atoms with van der Waals surface area (Å²) in [7, 11) is 3.11. The zero-order valence-corrected chi connectivity index (χ0v) is 16.8. The molecule has 1 aromatic heterocycles. The predicted octanol–water partition coefficient (Wildman–Crippen LogP) is 2.17. The molecule has 1 amide bonds. The SMILES string of the molecule is CCN1CCN(c2ccc(CNC(=O)c3cc(OC)ccc3OC)cn2)CC1. The van der Waals surface area contributed by atoms with E-state index in [0.29, 0.717) is 23.6 Å². The lowest BCUT2D eigenvalue weighted by atomic mass is 10.1. The fourth-order valence-corrected chi connectivity index (χ4v) is 3.27. The minimum Gasteiger partial charge on any atom is -0.497 e. The molecule has 1 N–H and O–H groups in total. The first kappa shape index (κ1) is 19.9. The molecule has 1 aromatic carbocycles. The number of nitrogens with zero attached hydrogens (tertiary/aromatic N) is 3. The van der Waals surface area contributed by atoms with E-state index in [-0.39, 0.29) is 5.91 Å². The fourth-order valence-electron chi connectivity index (χ4n) is 3.27. The van der Waals surface area contributed by atoms with Gasteiger partial charge in [-0.15, -0.1) is 0 Å². The highest BCUT2D eigenvalue weighted by atomic mass is 16.5. The van der Waals surface area contributed by atoms with E-state index in [1.807, 2.05) is 18.3 Å². The van der Waals surface area contributed by atoms with Crippen LogP contribution in [0.4, 0.5) is 5.82 Å². The summed E-state index contributed by atoms with van der Waals surface area (Å²) in [6.45, 7) is 7.81. The molecule has 0 radical (unpaired) electrons. The van der Waals surface area contributed by atoms with Crippen LogP contribution in [0.3, 0.4) is 0 Å². The van der Waals surface area contributed by atoms with Gasteiger partial charge in [0.2, 0.25) is 0 Å². The van der Waals surface area contributed by atoms with Gasteiger partial charge in [0.1, 0.15) is 17.3 Å². The number of carbonyl (C=O) groups is 1. The Balaban J connectivity index is 1.58. The van der Waals surface area contributed by atoms with Crippen LogP contribution in [0, 0.1) is 0 Å². The van der Waals surface area contributed by atoms with Crippen molar-refractivity contribution in [3.8, 4) is 11.5 Å². The maximum atomic E-state index is 12.6. The van der Waals surface area contributed by atoms with Crippen molar-refractivity contribution in [2.24, 2.45) is 0 Å². The summed E-state index contributed by atoms with van der Waals surface area (Å²) in [6, 6.07) is 9.19. The lowest BCUT2D eigenvalue weighted by Gasteiger charge is -2.34. The lowest BCUT2D eigenvalue weighted by Crippen LogP contribution is -2.46. The largest absolute Gasteiger partial charge is 0.497 e. The van der Waals surface area contributed by atoms with Crippen molar-refractivity contribution in [1.82, 2.24) is 15.2 Å². The summed E-state index contributed by atoms with van der Waals surface area (Å²) in [5, 5.41) is 2.92. The Morgan fingerprint density at radius 3 is 2.50 bits per heavy atom. The van der Waals surface area contributed by atoms with Crippen molar-refractivity contribution in [2.45, 2.75) is 13.5 Å². The third kappa shape index (κ3) is 4.72. The number of carbonyl (C=O) groups excluding carboxylic acids is 1. The van der Waals surface area contributed by atoms with Crippen molar-refractivity contribution in [3.05, 3.63) is 47.7 Å². The van der Waals surface area contributed by atoms with E-state index in [0.717, 1.165) is 44.1 Å². The van der Waals surface area contributed by atoms with Crippen molar-refractivity contribution < 1.29 is 14.3 Å². The average Bonchev–Trinajstić information content (AvgIpc) is 2.77. The minimum atomic E-state index is -0.212. The van der Waals surface area contributed by atoms with Crippen molar-refractivity contribution in [1.29, 1.82) is 0 Å². The number of ether oxygens (including phenoxy) is 2. The van der Waals surface area contributed by atoms with Crippen LogP contribution in [0.1, 0.15) is 22.8 Å². The molecule has 1 saturated heterocycles. The molecule has 0 spiro atoms. The van der Waals surface area contributed by atoms with Gasteiger partial charge in [0, 0.05) is 38.9 Å². The van der Waals surface area contributed by atoms with E-state index in [9.17, 15) is 4.79 Å². The number of amides is 1. The molecule has 2 aromatic rings. The molecular weight excluding hydrogens is 356 g/mol. The topological polar surface area (TPSA) is 66.9 Å². The van der Waals surface area contributed by atoms with Gasteiger partial charge in [0.25, 0.3) is 5.91 Å². The van der Waals surface area contributed by atoms with E-state index >= 15 is 0 Å². The highest BCUT2D eigenvalue weighted by Crippen LogP contribution is 2.24. The second-order valence-corrected chi connectivity index (χ2v) is 6.69. The Hall–Kier alpha value is -2.80. The summed E-state index contributed by atoms with van der Waals surface area (Å²) in [4.78, 5) is 21.9. The van der Waals surface area contributed by atoms with Crippen LogP contribution < -0.4 is 19.7 Å². The first-order valence-corrected chi connectivity index (χ1v) is 9.57. The molecule has 150 valence electrons. The van der Waals surface area contributed by atoms with Gasteiger partial charge in [-0.25, -0.2) is 4.98 Å². The van der Waals surface area contributed by atoms with Gasteiger partial charge in [-0.3, -0.25) is 4.79 Å². The number of likely N-dealkylation sites (N-methyl/N-ethyl adjacent to an activating group) is 1. The van der Waals surface area contributed by atoms with E-state index in [1.54, 1.807) is 32.4 Å². The zero-order valence-electron chi connectivity index (χ0n) is 16.8. The van der Waals surface area contributed by atoms with Gasteiger partial charge in [-0.1, -0.05) is 13.0 Å². The quantitative estimate of drug-likeness (QED) is 0.789. The molecule has 3 rings (SSSR count). The number of hydrogen-bond acceptors (Lipinski definition) is 6. The molecule has 0 unspecified atom stereocenters. The highest BCUT2D eigenvalue weighted by Gasteiger charge is 2.17. The van der Waals surface area contributed by atoms with Gasteiger partial charge in [-0.05, 0) is 36.4 Å². The second-order valence-electron chi connectivity index (χ2n) is 6.69. The number of methoxy groups -OCH3 is 2. The lowest BCUT2D eigenvalue weighted by molar-refractivity contribution is 0.0947. The third-order valence-electron chi connectivity index (χ3n) is 5.06. The fraction of sp³-hybridized carbons (Fsp3) is 0.429. The number of nitrogens with one attached hydrogen (secondary N) is 1. The molecule has 0 bridgehead atoms. The molecule has 1 fully saturated rings.